The van der Waals surface area contributed by atoms with E-state index < -0.39 is 0 Å². The molecule has 0 spiro atoms. The lowest BCUT2D eigenvalue weighted by molar-refractivity contribution is 1.31. The van der Waals surface area contributed by atoms with E-state index in [4.69, 9.17) is 40.1 Å². The van der Waals surface area contributed by atoms with E-state index in [9.17, 15) is 0 Å². The smallest absolute Gasteiger partial charge is 0.0992 e. The molecule has 0 aliphatic carbocycles. The molecular weight excluding hydrogens is 279 g/mol. The summed E-state index contributed by atoms with van der Waals surface area (Å²) in [6.07, 6.45) is 1.56. The summed E-state index contributed by atoms with van der Waals surface area (Å²) in [6.45, 7) is 0. The van der Waals surface area contributed by atoms with Crippen LogP contribution in [0.25, 0.3) is 11.3 Å². The molecule has 0 saturated heterocycles. The zero-order valence-electron chi connectivity index (χ0n) is 8.42. The van der Waals surface area contributed by atoms with Crippen LogP contribution in [0.3, 0.4) is 0 Å². The third-order valence-electron chi connectivity index (χ3n) is 2.17. The van der Waals surface area contributed by atoms with Gasteiger partial charge in [-0.1, -0.05) is 34.8 Å². The number of benzene rings is 1. The minimum Gasteiger partial charge on any atom is -0.256 e. The van der Waals surface area contributed by atoms with Crippen molar-refractivity contribution in [3.8, 4) is 17.3 Å². The summed E-state index contributed by atoms with van der Waals surface area (Å²) in [5.74, 6) is 0. The van der Waals surface area contributed by atoms with Crippen LogP contribution in [0.15, 0.2) is 30.5 Å². The number of halogens is 3. The van der Waals surface area contributed by atoms with Gasteiger partial charge in [0.1, 0.15) is 0 Å². The first-order valence-corrected chi connectivity index (χ1v) is 5.76. The van der Waals surface area contributed by atoms with E-state index in [-0.39, 0.29) is 0 Å². The fourth-order valence-electron chi connectivity index (χ4n) is 1.36. The summed E-state index contributed by atoms with van der Waals surface area (Å²) in [4.78, 5) is 4.16. The van der Waals surface area contributed by atoms with Crippen molar-refractivity contribution in [1.82, 2.24) is 4.98 Å². The maximum atomic E-state index is 8.81. The lowest BCUT2D eigenvalue weighted by Crippen LogP contribution is -1.86. The molecule has 0 radical (unpaired) electrons. The van der Waals surface area contributed by atoms with Gasteiger partial charge in [-0.05, 0) is 24.3 Å². The van der Waals surface area contributed by atoms with Crippen molar-refractivity contribution in [3.05, 3.63) is 51.1 Å². The van der Waals surface area contributed by atoms with Crippen LogP contribution in [0.1, 0.15) is 5.56 Å². The molecule has 5 heteroatoms. The van der Waals surface area contributed by atoms with Crippen LogP contribution in [-0.4, -0.2) is 4.98 Å². The van der Waals surface area contributed by atoms with Crippen molar-refractivity contribution in [2.75, 3.05) is 0 Å². The summed E-state index contributed by atoms with van der Waals surface area (Å²) in [6, 6.07) is 8.67. The van der Waals surface area contributed by atoms with E-state index in [2.05, 4.69) is 4.98 Å². The van der Waals surface area contributed by atoms with Crippen molar-refractivity contribution in [1.29, 1.82) is 5.26 Å². The lowest BCUT2D eigenvalue weighted by Gasteiger charge is -2.05. The van der Waals surface area contributed by atoms with Crippen LogP contribution in [0.4, 0.5) is 0 Å². The third kappa shape index (κ3) is 2.53. The fourth-order valence-corrected chi connectivity index (χ4v) is 1.96. The Morgan fingerprint density at radius 2 is 1.71 bits per heavy atom. The van der Waals surface area contributed by atoms with Gasteiger partial charge in [-0.25, -0.2) is 0 Å². The summed E-state index contributed by atoms with van der Waals surface area (Å²) in [5, 5.41) is 9.84. The zero-order valence-corrected chi connectivity index (χ0v) is 10.7. The topological polar surface area (TPSA) is 36.7 Å². The highest BCUT2D eigenvalue weighted by Gasteiger charge is 2.08. The van der Waals surface area contributed by atoms with Gasteiger partial charge in [0.05, 0.1) is 32.4 Å². The number of nitriles is 1. The monoisotopic (exact) mass is 282 g/mol. The summed E-state index contributed by atoms with van der Waals surface area (Å²) in [7, 11) is 0. The first-order chi connectivity index (χ1) is 8.11. The van der Waals surface area contributed by atoms with E-state index in [0.717, 1.165) is 5.56 Å². The van der Waals surface area contributed by atoms with Gasteiger partial charge in [-0.2, -0.15) is 5.26 Å². The second-order valence-corrected chi connectivity index (χ2v) is 4.49. The Morgan fingerprint density at radius 3 is 2.29 bits per heavy atom. The van der Waals surface area contributed by atoms with Gasteiger partial charge in [0, 0.05) is 11.8 Å². The highest BCUT2D eigenvalue weighted by atomic mass is 35.5. The molecule has 1 heterocycles. The van der Waals surface area contributed by atoms with Crippen molar-refractivity contribution in [2.24, 2.45) is 0 Å². The lowest BCUT2D eigenvalue weighted by atomic mass is 10.1. The van der Waals surface area contributed by atoms with Crippen LogP contribution >= 0.6 is 34.8 Å². The second kappa shape index (κ2) is 4.93. The Labute approximate surface area is 113 Å². The molecule has 2 rings (SSSR count). The molecule has 84 valence electrons. The molecule has 0 unspecified atom stereocenters. The van der Waals surface area contributed by atoms with Crippen LogP contribution in [0, 0.1) is 11.3 Å². The Bertz CT molecular complexity index is 594. The van der Waals surface area contributed by atoms with Crippen molar-refractivity contribution < 1.29 is 0 Å². The average molecular weight is 284 g/mol. The maximum absolute atomic E-state index is 8.81. The first-order valence-electron chi connectivity index (χ1n) is 4.63. The largest absolute Gasteiger partial charge is 0.256 e. The van der Waals surface area contributed by atoms with Crippen molar-refractivity contribution in [3.63, 3.8) is 0 Å². The van der Waals surface area contributed by atoms with Crippen molar-refractivity contribution in [2.45, 2.75) is 0 Å². The van der Waals surface area contributed by atoms with Crippen molar-refractivity contribution >= 4 is 34.8 Å². The molecule has 17 heavy (non-hydrogen) atoms. The molecule has 1 aromatic carbocycles. The Kier molecular flexibility index (Phi) is 3.54. The maximum Gasteiger partial charge on any atom is 0.0992 e. The van der Waals surface area contributed by atoms with Gasteiger partial charge in [-0.3, -0.25) is 4.98 Å². The Balaban J connectivity index is 2.57. The van der Waals surface area contributed by atoms with E-state index in [1.54, 1.807) is 30.5 Å². The number of nitrogens with zero attached hydrogens (tertiary/aromatic N) is 2. The highest BCUT2D eigenvalue weighted by Crippen LogP contribution is 2.34. The molecule has 2 nitrogen and oxygen atoms in total. The molecule has 1 aromatic heterocycles. The van der Waals surface area contributed by atoms with E-state index >= 15 is 0 Å². The highest BCUT2D eigenvalue weighted by molar-refractivity contribution is 6.48. The van der Waals surface area contributed by atoms with Gasteiger partial charge in [0.15, 0.2) is 0 Å². The number of aromatic nitrogens is 1. The van der Waals surface area contributed by atoms with Crippen LogP contribution in [0.5, 0.6) is 0 Å². The quantitative estimate of drug-likeness (QED) is 0.718. The Hall–Kier alpha value is -1.27. The van der Waals surface area contributed by atoms with E-state index in [1.165, 1.54) is 0 Å². The van der Waals surface area contributed by atoms with Gasteiger partial charge in [-0.15, -0.1) is 0 Å². The number of hydrogen-bond donors (Lipinski definition) is 0. The molecule has 2 aromatic rings. The van der Waals surface area contributed by atoms with Gasteiger partial charge in [0.2, 0.25) is 0 Å². The number of rotatable bonds is 1. The predicted octanol–water partition coefficient (Wildman–Crippen LogP) is 4.58. The minimum atomic E-state index is 0.313. The molecule has 0 bridgehead atoms. The van der Waals surface area contributed by atoms with Gasteiger partial charge >= 0.3 is 0 Å². The predicted molar refractivity (Wildman–Crippen MR) is 69.4 cm³/mol. The molecule has 0 saturated carbocycles. The number of pyridine rings is 1. The average Bonchev–Trinajstić information content (AvgIpc) is 2.35. The van der Waals surface area contributed by atoms with Gasteiger partial charge < -0.3 is 0 Å². The molecule has 0 amide bonds. The zero-order chi connectivity index (χ0) is 12.4. The molecule has 0 fully saturated rings. The number of hydrogen-bond acceptors (Lipinski definition) is 2. The van der Waals surface area contributed by atoms with E-state index in [1.807, 2.05) is 6.07 Å². The van der Waals surface area contributed by atoms with Crippen LogP contribution in [0.2, 0.25) is 15.1 Å². The molecule has 0 N–H and O–H groups in total. The molecule has 0 atom stereocenters. The SMILES string of the molecule is N#Cc1ccnc(-c2cc(Cl)c(Cl)c(Cl)c2)c1. The minimum absolute atomic E-state index is 0.313. The third-order valence-corrected chi connectivity index (χ3v) is 3.37. The normalized spacial score (nSPS) is 10.0. The Morgan fingerprint density at radius 1 is 1.06 bits per heavy atom. The van der Waals surface area contributed by atoms with Crippen LogP contribution in [-0.2, 0) is 0 Å². The molecular formula is C12H5Cl3N2. The molecule has 0 aliphatic rings. The molecule has 0 aliphatic heterocycles. The second-order valence-electron chi connectivity index (χ2n) is 3.30. The summed E-state index contributed by atoms with van der Waals surface area (Å²) < 4.78 is 0. The van der Waals surface area contributed by atoms with Crippen LogP contribution < -0.4 is 0 Å². The van der Waals surface area contributed by atoms with Gasteiger partial charge in [0.25, 0.3) is 0 Å². The summed E-state index contributed by atoms with van der Waals surface area (Å²) in [5.41, 5.74) is 1.88. The standard InChI is InChI=1S/C12H5Cl3N2/c13-9-4-8(5-10(14)12(9)15)11-3-7(6-16)1-2-17-11/h1-5H. The fraction of sp³-hybridized carbons (Fsp3) is 0. The van der Waals surface area contributed by atoms with E-state index in [0.29, 0.717) is 26.3 Å². The summed E-state index contributed by atoms with van der Waals surface area (Å²) >= 11 is 17.7. The first kappa shape index (κ1) is 12.2.